The maximum atomic E-state index is 2.33. The highest BCUT2D eigenvalue weighted by Crippen LogP contribution is 2.40. The Hall–Kier alpha value is -0.470. The lowest BCUT2D eigenvalue weighted by molar-refractivity contribution is 0.477. The number of fused-ring (bicyclic) bond motifs is 1. The molecule has 0 spiro atoms. The van der Waals surface area contributed by atoms with Crippen molar-refractivity contribution in [3.05, 3.63) is 29.8 Å². The van der Waals surface area contributed by atoms with Crippen LogP contribution in [0.1, 0.15) is 31.7 Å². The van der Waals surface area contributed by atoms with Gasteiger partial charge in [-0.2, -0.15) is 0 Å². The van der Waals surface area contributed by atoms with Crippen molar-refractivity contribution in [1.29, 1.82) is 0 Å². The minimum atomic E-state index is 0. The predicted molar refractivity (Wildman–Crippen MR) is 63.0 cm³/mol. The van der Waals surface area contributed by atoms with Gasteiger partial charge in [0.2, 0.25) is 0 Å². The molecule has 1 aromatic carbocycles. The summed E-state index contributed by atoms with van der Waals surface area (Å²) in [4.78, 5) is 1.51. The smallest absolute Gasteiger partial charge is 0.0107 e. The Bertz CT molecular complexity index is 296. The van der Waals surface area contributed by atoms with Crippen molar-refractivity contribution in [2.45, 2.75) is 31.1 Å². The number of rotatable bonds is 1. The second-order valence-electron chi connectivity index (χ2n) is 4.03. The summed E-state index contributed by atoms with van der Waals surface area (Å²) in [6.45, 7) is 4.66. The van der Waals surface area contributed by atoms with E-state index in [1.165, 1.54) is 17.1 Å². The first-order chi connectivity index (χ1) is 6.29. The summed E-state index contributed by atoms with van der Waals surface area (Å²) in [6, 6.07) is 8.87. The Morgan fingerprint density at radius 2 is 2.00 bits per heavy atom. The van der Waals surface area contributed by atoms with Gasteiger partial charge < -0.3 is 5.48 Å². The third-order valence-corrected chi connectivity index (χ3v) is 3.93. The number of hydrogen-bond donors (Lipinski definition) is 0. The van der Waals surface area contributed by atoms with E-state index in [1.54, 1.807) is 5.56 Å². The fourth-order valence-electron chi connectivity index (χ4n) is 2.06. The van der Waals surface area contributed by atoms with E-state index in [0.717, 1.165) is 11.8 Å². The van der Waals surface area contributed by atoms with Gasteiger partial charge in [-0.3, -0.25) is 0 Å². The van der Waals surface area contributed by atoms with E-state index in [9.17, 15) is 0 Å². The van der Waals surface area contributed by atoms with Gasteiger partial charge in [0.1, 0.15) is 0 Å². The maximum Gasteiger partial charge on any atom is 0.0107 e. The van der Waals surface area contributed by atoms with Crippen LogP contribution in [0.15, 0.2) is 29.2 Å². The number of hydrogen-bond acceptors (Lipinski definition) is 1. The molecule has 1 unspecified atom stereocenters. The highest BCUT2D eigenvalue weighted by Gasteiger charge is 2.22. The van der Waals surface area contributed by atoms with Crippen molar-refractivity contribution < 1.29 is 5.48 Å². The lowest BCUT2D eigenvalue weighted by atomic mass is 9.86. The molecule has 0 bridgehead atoms. The van der Waals surface area contributed by atoms with Crippen LogP contribution in [0.25, 0.3) is 0 Å². The highest BCUT2D eigenvalue weighted by atomic mass is 32.2. The van der Waals surface area contributed by atoms with Gasteiger partial charge in [-0.05, 0) is 35.6 Å². The second-order valence-corrected chi connectivity index (χ2v) is 5.16. The monoisotopic (exact) mass is 210 g/mol. The van der Waals surface area contributed by atoms with Crippen molar-refractivity contribution >= 4 is 11.8 Å². The fraction of sp³-hybridized carbons (Fsp3) is 0.500. The van der Waals surface area contributed by atoms with Crippen LogP contribution in [0.2, 0.25) is 0 Å². The SMILES string of the molecule is CC(C)C1CCSc2ccccc21.O. The van der Waals surface area contributed by atoms with E-state index < -0.39 is 0 Å². The van der Waals surface area contributed by atoms with Gasteiger partial charge >= 0.3 is 0 Å². The zero-order chi connectivity index (χ0) is 9.26. The van der Waals surface area contributed by atoms with Gasteiger partial charge in [-0.15, -0.1) is 11.8 Å². The van der Waals surface area contributed by atoms with Crippen molar-refractivity contribution in [2.24, 2.45) is 5.92 Å². The molecular weight excluding hydrogens is 192 g/mol. The molecule has 0 aromatic heterocycles. The van der Waals surface area contributed by atoms with Crippen LogP contribution in [0.5, 0.6) is 0 Å². The van der Waals surface area contributed by atoms with Gasteiger partial charge in [-0.1, -0.05) is 32.0 Å². The normalized spacial score (nSPS) is 20.1. The minimum Gasteiger partial charge on any atom is -0.412 e. The Morgan fingerprint density at radius 1 is 1.29 bits per heavy atom. The minimum absolute atomic E-state index is 0. The van der Waals surface area contributed by atoms with Crippen LogP contribution in [0.3, 0.4) is 0 Å². The first-order valence-electron chi connectivity index (χ1n) is 5.01. The van der Waals surface area contributed by atoms with Crippen molar-refractivity contribution in [2.75, 3.05) is 5.75 Å². The molecule has 1 aliphatic heterocycles. The molecule has 1 nitrogen and oxygen atoms in total. The standard InChI is InChI=1S/C12H16S.H2O/c1-9(2)10-7-8-13-12-6-4-3-5-11(10)12;/h3-6,9-10H,7-8H2,1-2H3;1H2. The molecule has 0 fully saturated rings. The number of benzene rings is 1. The van der Waals surface area contributed by atoms with Crippen molar-refractivity contribution in [3.8, 4) is 0 Å². The van der Waals surface area contributed by atoms with E-state index in [1.807, 2.05) is 11.8 Å². The van der Waals surface area contributed by atoms with E-state index in [-0.39, 0.29) is 5.48 Å². The lowest BCUT2D eigenvalue weighted by Gasteiger charge is -2.27. The van der Waals surface area contributed by atoms with Gasteiger partial charge in [-0.25, -0.2) is 0 Å². The molecule has 1 aliphatic rings. The zero-order valence-corrected chi connectivity index (χ0v) is 9.60. The van der Waals surface area contributed by atoms with Gasteiger partial charge in [0.15, 0.2) is 0 Å². The molecule has 14 heavy (non-hydrogen) atoms. The molecule has 0 radical (unpaired) electrons. The Morgan fingerprint density at radius 3 is 2.71 bits per heavy atom. The molecule has 0 aliphatic carbocycles. The summed E-state index contributed by atoms with van der Waals surface area (Å²) < 4.78 is 0. The number of thioether (sulfide) groups is 1. The second kappa shape index (κ2) is 4.85. The molecule has 2 heteroatoms. The molecular formula is C12H18OS. The molecule has 78 valence electrons. The van der Waals surface area contributed by atoms with E-state index in [0.29, 0.717) is 0 Å². The molecule has 1 atom stereocenters. The van der Waals surface area contributed by atoms with Crippen LogP contribution in [-0.4, -0.2) is 11.2 Å². The molecule has 0 amide bonds. The fourth-order valence-corrected chi connectivity index (χ4v) is 3.21. The summed E-state index contributed by atoms with van der Waals surface area (Å²) in [5.41, 5.74) is 1.58. The first-order valence-corrected chi connectivity index (χ1v) is 5.99. The summed E-state index contributed by atoms with van der Waals surface area (Å²) in [5, 5.41) is 0. The van der Waals surface area contributed by atoms with Gasteiger partial charge in [0, 0.05) is 4.90 Å². The average molecular weight is 210 g/mol. The summed E-state index contributed by atoms with van der Waals surface area (Å²) in [5.74, 6) is 2.86. The first kappa shape index (κ1) is 11.6. The quantitative estimate of drug-likeness (QED) is 0.701. The molecule has 2 N–H and O–H groups in total. The Kier molecular flexibility index (Phi) is 4.02. The Labute approximate surface area is 90.2 Å². The van der Waals surface area contributed by atoms with E-state index >= 15 is 0 Å². The lowest BCUT2D eigenvalue weighted by Crippen LogP contribution is -2.12. The van der Waals surface area contributed by atoms with Crippen LogP contribution in [0.4, 0.5) is 0 Å². The molecule has 0 saturated carbocycles. The summed E-state index contributed by atoms with van der Waals surface area (Å²) in [7, 11) is 0. The zero-order valence-electron chi connectivity index (χ0n) is 8.79. The van der Waals surface area contributed by atoms with E-state index in [4.69, 9.17) is 0 Å². The highest BCUT2D eigenvalue weighted by molar-refractivity contribution is 7.99. The van der Waals surface area contributed by atoms with Crippen LogP contribution in [-0.2, 0) is 0 Å². The summed E-state index contributed by atoms with van der Waals surface area (Å²) >= 11 is 2.01. The third kappa shape index (κ3) is 2.12. The average Bonchev–Trinajstić information content (AvgIpc) is 2.17. The molecule has 1 aromatic rings. The van der Waals surface area contributed by atoms with Gasteiger partial charge in [0.05, 0.1) is 0 Å². The largest absolute Gasteiger partial charge is 0.412 e. The van der Waals surface area contributed by atoms with Crippen molar-refractivity contribution in [3.63, 3.8) is 0 Å². The van der Waals surface area contributed by atoms with Gasteiger partial charge in [0.25, 0.3) is 0 Å². The van der Waals surface area contributed by atoms with Crippen LogP contribution in [0, 0.1) is 5.92 Å². The molecule has 2 rings (SSSR count). The molecule has 1 heterocycles. The van der Waals surface area contributed by atoms with E-state index in [2.05, 4.69) is 38.1 Å². The third-order valence-electron chi connectivity index (χ3n) is 2.81. The Balaban J connectivity index is 0.000000980. The van der Waals surface area contributed by atoms with Crippen molar-refractivity contribution in [1.82, 2.24) is 0 Å². The predicted octanol–water partition coefficient (Wildman–Crippen LogP) is 3.10. The summed E-state index contributed by atoms with van der Waals surface area (Å²) in [6.07, 6.45) is 1.35. The molecule has 0 saturated heterocycles. The van der Waals surface area contributed by atoms with Crippen LogP contribution < -0.4 is 0 Å². The van der Waals surface area contributed by atoms with Crippen LogP contribution >= 0.6 is 11.8 Å². The topological polar surface area (TPSA) is 31.5 Å². The maximum absolute atomic E-state index is 2.33.